The second-order valence-electron chi connectivity index (χ2n) is 3.65. The molecule has 0 amide bonds. The van der Waals surface area contributed by atoms with E-state index in [-0.39, 0.29) is 0 Å². The predicted octanol–water partition coefficient (Wildman–Crippen LogP) is 4.32. The molecule has 0 saturated carbocycles. The number of hydrogen-bond donors (Lipinski definition) is 0. The van der Waals surface area contributed by atoms with Gasteiger partial charge in [-0.25, -0.2) is 0 Å². The standard InChI is InChI=1S/C12H17Cl2N/c1-3-4-8-15(2)12-7-5-6-11(14)10(12)9-13/h5-7H,3-4,8-9H2,1-2H3. The Bertz CT molecular complexity index is 312. The number of halogens is 2. The molecule has 0 bridgehead atoms. The van der Waals surface area contributed by atoms with Crippen molar-refractivity contribution in [3.8, 4) is 0 Å². The fourth-order valence-electron chi connectivity index (χ4n) is 1.55. The van der Waals surface area contributed by atoms with Crippen molar-refractivity contribution in [3.05, 3.63) is 28.8 Å². The highest BCUT2D eigenvalue weighted by atomic mass is 35.5. The molecule has 0 unspecified atom stereocenters. The third-order valence-electron chi connectivity index (χ3n) is 2.49. The van der Waals surface area contributed by atoms with Crippen LogP contribution in [0.3, 0.4) is 0 Å². The van der Waals surface area contributed by atoms with Crippen LogP contribution in [0.1, 0.15) is 25.3 Å². The summed E-state index contributed by atoms with van der Waals surface area (Å²) in [6.07, 6.45) is 2.38. The Hall–Kier alpha value is -0.400. The van der Waals surface area contributed by atoms with Crippen LogP contribution in [0.2, 0.25) is 5.02 Å². The summed E-state index contributed by atoms with van der Waals surface area (Å²) in [4.78, 5) is 2.22. The highest BCUT2D eigenvalue weighted by Gasteiger charge is 2.09. The number of alkyl halides is 1. The topological polar surface area (TPSA) is 3.24 Å². The lowest BCUT2D eigenvalue weighted by Crippen LogP contribution is -2.19. The molecule has 15 heavy (non-hydrogen) atoms. The maximum atomic E-state index is 6.10. The van der Waals surface area contributed by atoms with Crippen molar-refractivity contribution < 1.29 is 0 Å². The largest absolute Gasteiger partial charge is 0.374 e. The number of hydrogen-bond acceptors (Lipinski definition) is 1. The van der Waals surface area contributed by atoms with E-state index < -0.39 is 0 Å². The summed E-state index contributed by atoms with van der Waals surface area (Å²) in [7, 11) is 2.08. The van der Waals surface area contributed by atoms with Crippen molar-refractivity contribution in [3.63, 3.8) is 0 Å². The average molecular weight is 246 g/mol. The Kier molecular flexibility index (Phi) is 5.27. The summed E-state index contributed by atoms with van der Waals surface area (Å²) in [6, 6.07) is 5.92. The molecule has 0 heterocycles. The third-order valence-corrected chi connectivity index (χ3v) is 3.11. The molecule has 3 heteroatoms. The van der Waals surface area contributed by atoms with Crippen LogP contribution in [0.4, 0.5) is 5.69 Å². The molecule has 0 aliphatic rings. The molecule has 1 aromatic rings. The minimum atomic E-state index is 0.464. The number of anilines is 1. The van der Waals surface area contributed by atoms with Gasteiger partial charge in [-0.15, -0.1) is 11.6 Å². The Labute approximate surface area is 102 Å². The fourth-order valence-corrected chi connectivity index (χ4v) is 2.14. The minimum Gasteiger partial charge on any atom is -0.374 e. The molecular formula is C12H17Cl2N. The van der Waals surface area contributed by atoms with E-state index in [4.69, 9.17) is 23.2 Å². The summed E-state index contributed by atoms with van der Waals surface area (Å²) in [6.45, 7) is 3.23. The lowest BCUT2D eigenvalue weighted by molar-refractivity contribution is 0.765. The first-order chi connectivity index (χ1) is 7.20. The van der Waals surface area contributed by atoms with Crippen molar-refractivity contribution in [2.24, 2.45) is 0 Å². The average Bonchev–Trinajstić information content (AvgIpc) is 2.25. The van der Waals surface area contributed by atoms with Crippen LogP contribution in [0, 0.1) is 0 Å². The van der Waals surface area contributed by atoms with Crippen LogP contribution in [0.15, 0.2) is 18.2 Å². The van der Waals surface area contributed by atoms with Crippen LogP contribution >= 0.6 is 23.2 Å². The van der Waals surface area contributed by atoms with E-state index in [1.807, 2.05) is 12.1 Å². The summed E-state index contributed by atoms with van der Waals surface area (Å²) >= 11 is 12.0. The first-order valence-corrected chi connectivity index (χ1v) is 6.16. The zero-order valence-electron chi connectivity index (χ0n) is 9.26. The number of nitrogens with zero attached hydrogens (tertiary/aromatic N) is 1. The SMILES string of the molecule is CCCCN(C)c1cccc(Cl)c1CCl. The van der Waals surface area contributed by atoms with Gasteiger partial charge in [0.1, 0.15) is 0 Å². The second-order valence-corrected chi connectivity index (χ2v) is 4.32. The summed E-state index contributed by atoms with van der Waals surface area (Å²) in [5.41, 5.74) is 2.17. The van der Waals surface area contributed by atoms with Crippen molar-refractivity contribution in [2.75, 3.05) is 18.5 Å². The molecule has 0 spiro atoms. The van der Waals surface area contributed by atoms with Gasteiger partial charge in [-0.3, -0.25) is 0 Å². The molecule has 1 rings (SSSR count). The minimum absolute atomic E-state index is 0.464. The van der Waals surface area contributed by atoms with E-state index in [2.05, 4.69) is 24.9 Å². The molecule has 0 aliphatic carbocycles. The summed E-state index contributed by atoms with van der Waals surface area (Å²) in [5.74, 6) is 0.464. The molecule has 1 aromatic carbocycles. The van der Waals surface area contributed by atoms with Gasteiger partial charge < -0.3 is 4.90 Å². The van der Waals surface area contributed by atoms with Crippen molar-refractivity contribution in [1.29, 1.82) is 0 Å². The van der Waals surface area contributed by atoms with Crippen LogP contribution in [-0.2, 0) is 5.88 Å². The van der Waals surface area contributed by atoms with E-state index in [0.29, 0.717) is 5.88 Å². The zero-order chi connectivity index (χ0) is 11.3. The molecule has 0 N–H and O–H groups in total. The van der Waals surface area contributed by atoms with E-state index in [9.17, 15) is 0 Å². The van der Waals surface area contributed by atoms with Crippen LogP contribution in [-0.4, -0.2) is 13.6 Å². The Balaban J connectivity index is 2.87. The molecule has 0 radical (unpaired) electrons. The molecule has 0 aromatic heterocycles. The lowest BCUT2D eigenvalue weighted by atomic mass is 10.1. The van der Waals surface area contributed by atoms with E-state index in [1.54, 1.807) is 0 Å². The smallest absolute Gasteiger partial charge is 0.0509 e. The van der Waals surface area contributed by atoms with Gasteiger partial charge in [-0.1, -0.05) is 31.0 Å². The molecule has 84 valence electrons. The van der Waals surface area contributed by atoms with Gasteiger partial charge in [0.25, 0.3) is 0 Å². The zero-order valence-corrected chi connectivity index (χ0v) is 10.8. The first kappa shape index (κ1) is 12.7. The fraction of sp³-hybridized carbons (Fsp3) is 0.500. The van der Waals surface area contributed by atoms with Gasteiger partial charge >= 0.3 is 0 Å². The van der Waals surface area contributed by atoms with Crippen molar-refractivity contribution in [2.45, 2.75) is 25.6 Å². The van der Waals surface area contributed by atoms with Crippen molar-refractivity contribution >= 4 is 28.9 Å². The van der Waals surface area contributed by atoms with E-state index in [1.165, 1.54) is 12.8 Å². The Morgan fingerprint density at radius 3 is 2.67 bits per heavy atom. The molecular weight excluding hydrogens is 229 g/mol. The molecule has 0 aliphatic heterocycles. The van der Waals surface area contributed by atoms with E-state index >= 15 is 0 Å². The van der Waals surface area contributed by atoms with Crippen LogP contribution < -0.4 is 4.90 Å². The van der Waals surface area contributed by atoms with Crippen molar-refractivity contribution in [1.82, 2.24) is 0 Å². The summed E-state index contributed by atoms with van der Waals surface area (Å²) < 4.78 is 0. The first-order valence-electron chi connectivity index (χ1n) is 5.25. The van der Waals surface area contributed by atoms with Gasteiger partial charge in [0.15, 0.2) is 0 Å². The van der Waals surface area contributed by atoms with E-state index in [0.717, 1.165) is 22.8 Å². The normalized spacial score (nSPS) is 10.4. The second kappa shape index (κ2) is 6.24. The van der Waals surface area contributed by atoms with Crippen LogP contribution in [0.5, 0.6) is 0 Å². The van der Waals surface area contributed by atoms with Gasteiger partial charge in [0.2, 0.25) is 0 Å². The van der Waals surface area contributed by atoms with Gasteiger partial charge in [-0.05, 0) is 18.6 Å². The third kappa shape index (κ3) is 3.29. The lowest BCUT2D eigenvalue weighted by Gasteiger charge is -2.22. The van der Waals surface area contributed by atoms with Gasteiger partial charge in [0.05, 0.1) is 5.88 Å². The maximum absolute atomic E-state index is 6.10. The number of unbranched alkanes of at least 4 members (excludes halogenated alkanes) is 1. The monoisotopic (exact) mass is 245 g/mol. The maximum Gasteiger partial charge on any atom is 0.0509 e. The molecule has 0 saturated heterocycles. The van der Waals surface area contributed by atoms with Gasteiger partial charge in [0, 0.05) is 29.9 Å². The summed E-state index contributed by atoms with van der Waals surface area (Å²) in [5, 5.41) is 0.755. The predicted molar refractivity (Wildman–Crippen MR) is 69.2 cm³/mol. The Morgan fingerprint density at radius 1 is 1.33 bits per heavy atom. The molecule has 0 fully saturated rings. The molecule has 1 nitrogen and oxygen atoms in total. The number of benzene rings is 1. The number of rotatable bonds is 5. The quantitative estimate of drug-likeness (QED) is 0.699. The van der Waals surface area contributed by atoms with Crippen LogP contribution in [0.25, 0.3) is 0 Å². The van der Waals surface area contributed by atoms with Gasteiger partial charge in [-0.2, -0.15) is 0 Å². The highest BCUT2D eigenvalue weighted by Crippen LogP contribution is 2.28. The Morgan fingerprint density at radius 2 is 2.07 bits per heavy atom. The highest BCUT2D eigenvalue weighted by molar-refractivity contribution is 6.32. The molecule has 0 atom stereocenters.